The maximum Gasteiger partial charge on any atom is 0.234 e. The molecule has 0 spiro atoms. The van der Waals surface area contributed by atoms with E-state index in [4.69, 9.17) is 4.74 Å². The van der Waals surface area contributed by atoms with Gasteiger partial charge >= 0.3 is 0 Å². The number of rotatable bonds is 6. The molecule has 1 aromatic carbocycles. The van der Waals surface area contributed by atoms with E-state index < -0.39 is 0 Å². The average Bonchev–Trinajstić information content (AvgIpc) is 3.08. The van der Waals surface area contributed by atoms with Crippen LogP contribution in [-0.4, -0.2) is 37.6 Å². The number of ether oxygens (including phenoxy) is 1. The third kappa shape index (κ3) is 3.68. The molecule has 0 aromatic heterocycles. The van der Waals surface area contributed by atoms with Gasteiger partial charge in [-0.05, 0) is 35.8 Å². The highest BCUT2D eigenvalue weighted by molar-refractivity contribution is 5.78. The van der Waals surface area contributed by atoms with Crippen LogP contribution in [0, 0.1) is 11.8 Å². The first-order valence-electron chi connectivity index (χ1n) is 8.31. The topological polar surface area (TPSA) is 41.6 Å². The van der Waals surface area contributed by atoms with Gasteiger partial charge in [-0.2, -0.15) is 0 Å². The first kappa shape index (κ1) is 15.5. The number of likely N-dealkylation sites (tertiary alicyclic amines) is 1. The summed E-state index contributed by atoms with van der Waals surface area (Å²) in [5.41, 5.74) is 2.27. The number of hydrogen-bond donors (Lipinski definition) is 1. The van der Waals surface area contributed by atoms with Crippen molar-refractivity contribution in [1.82, 2.24) is 10.2 Å². The molecule has 4 heteroatoms. The van der Waals surface area contributed by atoms with Crippen molar-refractivity contribution in [2.75, 3.05) is 26.7 Å². The molecule has 1 saturated heterocycles. The first-order chi connectivity index (χ1) is 10.8. The van der Waals surface area contributed by atoms with Gasteiger partial charge in [0, 0.05) is 26.7 Å². The molecule has 1 aliphatic heterocycles. The summed E-state index contributed by atoms with van der Waals surface area (Å²) >= 11 is 0. The second kappa shape index (κ2) is 7.25. The molecule has 1 aliphatic carbocycles. The van der Waals surface area contributed by atoms with Crippen molar-refractivity contribution in [3.05, 3.63) is 35.4 Å². The average molecular weight is 302 g/mol. The molecule has 120 valence electrons. The van der Waals surface area contributed by atoms with Crippen molar-refractivity contribution in [2.24, 2.45) is 11.8 Å². The Morgan fingerprint density at radius 1 is 1.23 bits per heavy atom. The van der Waals surface area contributed by atoms with Crippen LogP contribution in [0.15, 0.2) is 24.3 Å². The molecular formula is C18H26N2O2. The van der Waals surface area contributed by atoms with Crippen LogP contribution >= 0.6 is 0 Å². The molecule has 1 aromatic rings. The van der Waals surface area contributed by atoms with Gasteiger partial charge in [0.05, 0.1) is 13.2 Å². The summed E-state index contributed by atoms with van der Waals surface area (Å²) in [5.74, 6) is 1.82. The molecule has 2 aliphatic rings. The fourth-order valence-corrected chi connectivity index (χ4v) is 3.94. The highest BCUT2D eigenvalue weighted by Gasteiger charge is 2.36. The van der Waals surface area contributed by atoms with E-state index in [1.54, 1.807) is 7.11 Å². The number of carbonyl (C=O) groups is 1. The normalized spacial score (nSPS) is 24.4. The Morgan fingerprint density at radius 3 is 2.59 bits per heavy atom. The minimum atomic E-state index is 0.132. The molecule has 4 nitrogen and oxygen atoms in total. The summed E-state index contributed by atoms with van der Waals surface area (Å²) in [6, 6.07) is 8.10. The van der Waals surface area contributed by atoms with Crippen molar-refractivity contribution >= 4 is 5.91 Å². The zero-order valence-electron chi connectivity index (χ0n) is 13.4. The van der Waals surface area contributed by atoms with Crippen LogP contribution in [-0.2, 0) is 22.7 Å². The van der Waals surface area contributed by atoms with Crippen molar-refractivity contribution in [3.63, 3.8) is 0 Å². The minimum absolute atomic E-state index is 0.132. The predicted octanol–water partition coefficient (Wildman–Crippen LogP) is 2.18. The van der Waals surface area contributed by atoms with Crippen molar-refractivity contribution in [1.29, 1.82) is 0 Å². The lowest BCUT2D eigenvalue weighted by Crippen LogP contribution is -2.36. The van der Waals surface area contributed by atoms with Crippen molar-refractivity contribution in [2.45, 2.75) is 32.4 Å². The lowest BCUT2D eigenvalue weighted by Gasteiger charge is -2.16. The summed E-state index contributed by atoms with van der Waals surface area (Å²) in [5, 5.41) is 3.05. The fourth-order valence-electron chi connectivity index (χ4n) is 3.94. The van der Waals surface area contributed by atoms with E-state index in [-0.39, 0.29) is 5.91 Å². The maximum atomic E-state index is 12.2. The molecule has 0 bridgehead atoms. The third-order valence-electron chi connectivity index (χ3n) is 5.06. The monoisotopic (exact) mass is 302 g/mol. The lowest BCUT2D eigenvalue weighted by molar-refractivity contribution is -0.122. The Hall–Kier alpha value is -1.39. The molecule has 22 heavy (non-hydrogen) atoms. The number of carbonyl (C=O) groups excluding carboxylic acids is 1. The highest BCUT2D eigenvalue weighted by Crippen LogP contribution is 2.37. The lowest BCUT2D eigenvalue weighted by atomic mass is 10.0. The molecule has 1 saturated carbocycles. The molecule has 0 radical (unpaired) electrons. The molecular weight excluding hydrogens is 276 g/mol. The Bertz CT molecular complexity index is 506. The van der Waals surface area contributed by atoms with E-state index in [1.807, 2.05) is 18.2 Å². The van der Waals surface area contributed by atoms with E-state index in [1.165, 1.54) is 19.3 Å². The SMILES string of the molecule is COCc1ccccc1CNC(=O)CN1C[C@H]2CCC[C@@H]2C1. The number of benzene rings is 1. The number of fused-ring (bicyclic) bond motifs is 1. The Balaban J connectivity index is 1.46. The summed E-state index contributed by atoms with van der Waals surface area (Å²) in [7, 11) is 1.69. The zero-order valence-corrected chi connectivity index (χ0v) is 13.4. The summed E-state index contributed by atoms with van der Waals surface area (Å²) in [4.78, 5) is 14.5. The molecule has 1 N–H and O–H groups in total. The zero-order chi connectivity index (χ0) is 15.4. The second-order valence-electron chi connectivity index (χ2n) is 6.62. The molecule has 0 unspecified atom stereocenters. The summed E-state index contributed by atoms with van der Waals surface area (Å²) < 4.78 is 5.20. The van der Waals surface area contributed by atoms with Crippen LogP contribution in [0.1, 0.15) is 30.4 Å². The van der Waals surface area contributed by atoms with Crippen LogP contribution < -0.4 is 5.32 Å². The molecule has 3 rings (SSSR count). The van der Waals surface area contributed by atoms with Gasteiger partial charge in [-0.3, -0.25) is 9.69 Å². The number of methoxy groups -OCH3 is 1. The Morgan fingerprint density at radius 2 is 1.91 bits per heavy atom. The van der Waals surface area contributed by atoms with Crippen LogP contribution in [0.4, 0.5) is 0 Å². The van der Waals surface area contributed by atoms with Gasteiger partial charge in [-0.25, -0.2) is 0 Å². The number of hydrogen-bond acceptors (Lipinski definition) is 3. The summed E-state index contributed by atoms with van der Waals surface area (Å²) in [6.45, 7) is 3.93. The minimum Gasteiger partial charge on any atom is -0.380 e. The maximum absolute atomic E-state index is 12.2. The number of nitrogens with one attached hydrogen (secondary N) is 1. The van der Waals surface area contributed by atoms with E-state index in [0.29, 0.717) is 19.7 Å². The van der Waals surface area contributed by atoms with Crippen LogP contribution in [0.3, 0.4) is 0 Å². The molecule has 2 atom stereocenters. The fraction of sp³-hybridized carbons (Fsp3) is 0.611. The van der Waals surface area contributed by atoms with Gasteiger partial charge in [-0.1, -0.05) is 30.7 Å². The number of nitrogens with zero attached hydrogens (tertiary/aromatic N) is 1. The van der Waals surface area contributed by atoms with Gasteiger partial charge in [0.25, 0.3) is 0 Å². The third-order valence-corrected chi connectivity index (χ3v) is 5.06. The van der Waals surface area contributed by atoms with E-state index in [0.717, 1.165) is 36.1 Å². The predicted molar refractivity (Wildman–Crippen MR) is 86.3 cm³/mol. The standard InChI is InChI=1S/C18H26N2O2/c1-22-13-17-6-3-2-5-14(17)9-19-18(21)12-20-10-15-7-4-8-16(15)11-20/h2-3,5-6,15-16H,4,7-13H2,1H3,(H,19,21)/t15-,16-/m1/s1. The van der Waals surface area contributed by atoms with Gasteiger partial charge < -0.3 is 10.1 Å². The van der Waals surface area contributed by atoms with Crippen molar-refractivity contribution in [3.8, 4) is 0 Å². The van der Waals surface area contributed by atoms with Gasteiger partial charge in [0.2, 0.25) is 5.91 Å². The van der Waals surface area contributed by atoms with Crippen LogP contribution in [0.25, 0.3) is 0 Å². The van der Waals surface area contributed by atoms with Gasteiger partial charge in [0.15, 0.2) is 0 Å². The van der Waals surface area contributed by atoms with Gasteiger partial charge in [-0.15, -0.1) is 0 Å². The molecule has 1 amide bonds. The Labute approximate surface area is 132 Å². The van der Waals surface area contributed by atoms with Gasteiger partial charge in [0.1, 0.15) is 0 Å². The van der Waals surface area contributed by atoms with E-state index in [9.17, 15) is 4.79 Å². The van der Waals surface area contributed by atoms with E-state index >= 15 is 0 Å². The van der Waals surface area contributed by atoms with Crippen LogP contribution in [0.2, 0.25) is 0 Å². The Kier molecular flexibility index (Phi) is 5.11. The quantitative estimate of drug-likeness (QED) is 0.876. The summed E-state index contributed by atoms with van der Waals surface area (Å²) in [6.07, 6.45) is 4.09. The number of amides is 1. The molecule has 2 fully saturated rings. The smallest absolute Gasteiger partial charge is 0.234 e. The van der Waals surface area contributed by atoms with E-state index in [2.05, 4.69) is 16.3 Å². The van der Waals surface area contributed by atoms with Crippen molar-refractivity contribution < 1.29 is 9.53 Å². The molecule has 1 heterocycles. The second-order valence-corrected chi connectivity index (χ2v) is 6.62. The first-order valence-corrected chi connectivity index (χ1v) is 8.31. The van der Waals surface area contributed by atoms with Crippen LogP contribution in [0.5, 0.6) is 0 Å². The highest BCUT2D eigenvalue weighted by atomic mass is 16.5. The largest absolute Gasteiger partial charge is 0.380 e.